The Morgan fingerprint density at radius 1 is 0.800 bits per heavy atom. The van der Waals surface area contributed by atoms with Gasteiger partial charge in [-0.25, -0.2) is 0 Å². The van der Waals surface area contributed by atoms with Gasteiger partial charge in [0.05, 0.1) is 12.4 Å². The lowest BCUT2D eigenvalue weighted by Gasteiger charge is -2.03. The fourth-order valence-electron chi connectivity index (χ4n) is 1.82. The van der Waals surface area contributed by atoms with Crippen molar-refractivity contribution in [2.75, 3.05) is 0 Å². The Hall–Kier alpha value is -2.62. The molecule has 0 spiro atoms. The van der Waals surface area contributed by atoms with Crippen LogP contribution in [0, 0.1) is 13.8 Å². The lowest BCUT2D eigenvalue weighted by atomic mass is 10.1. The molecule has 2 rings (SSSR count). The molecule has 4 heteroatoms. The third-order valence-electron chi connectivity index (χ3n) is 2.89. The van der Waals surface area contributed by atoms with Crippen LogP contribution in [-0.4, -0.2) is 22.6 Å². The molecular formula is C16H16N2O2. The Morgan fingerprint density at radius 2 is 1.30 bits per heavy atom. The Labute approximate surface area is 117 Å². The summed E-state index contributed by atoms with van der Waals surface area (Å²) in [4.78, 5) is 0. The summed E-state index contributed by atoms with van der Waals surface area (Å²) in [6.45, 7) is 3.69. The Kier molecular flexibility index (Phi) is 4.15. The first-order valence-electron chi connectivity index (χ1n) is 6.22. The van der Waals surface area contributed by atoms with Gasteiger partial charge in [0.2, 0.25) is 0 Å². The molecule has 102 valence electrons. The fraction of sp³-hybridized carbons (Fsp3) is 0.125. The SMILES string of the molecule is Cc1cc(C=NN=Cc2ccc(O)cc2)cc(C)c1O. The Balaban J connectivity index is 2.08. The van der Waals surface area contributed by atoms with Crippen LogP contribution in [0.3, 0.4) is 0 Å². The first-order valence-corrected chi connectivity index (χ1v) is 6.22. The number of benzene rings is 2. The molecule has 0 fully saturated rings. The topological polar surface area (TPSA) is 65.2 Å². The molecule has 2 N–H and O–H groups in total. The standard InChI is InChI=1S/C16H16N2O2/c1-11-7-14(8-12(2)16(11)20)10-18-17-9-13-3-5-15(19)6-4-13/h3-10,19-20H,1-2H3. The van der Waals surface area contributed by atoms with Crippen LogP contribution in [-0.2, 0) is 0 Å². The molecule has 20 heavy (non-hydrogen) atoms. The van der Waals surface area contributed by atoms with Crippen molar-refractivity contribution in [3.8, 4) is 11.5 Å². The molecule has 0 radical (unpaired) electrons. The third kappa shape index (κ3) is 3.45. The van der Waals surface area contributed by atoms with E-state index < -0.39 is 0 Å². The van der Waals surface area contributed by atoms with Crippen molar-refractivity contribution in [1.29, 1.82) is 0 Å². The molecule has 0 saturated carbocycles. The number of hydrogen-bond acceptors (Lipinski definition) is 4. The minimum absolute atomic E-state index is 0.223. The van der Waals surface area contributed by atoms with Crippen LogP contribution in [0.1, 0.15) is 22.3 Å². The van der Waals surface area contributed by atoms with Gasteiger partial charge in [-0.05, 0) is 72.5 Å². The maximum atomic E-state index is 9.68. The van der Waals surface area contributed by atoms with E-state index in [1.54, 1.807) is 36.7 Å². The first-order chi connectivity index (χ1) is 9.56. The fourth-order valence-corrected chi connectivity index (χ4v) is 1.82. The largest absolute Gasteiger partial charge is 0.508 e. The van der Waals surface area contributed by atoms with E-state index in [9.17, 15) is 5.11 Å². The van der Waals surface area contributed by atoms with Gasteiger partial charge in [-0.15, -0.1) is 0 Å². The predicted octanol–water partition coefficient (Wildman–Crippen LogP) is 3.17. The van der Waals surface area contributed by atoms with E-state index in [0.717, 1.165) is 22.3 Å². The van der Waals surface area contributed by atoms with Gasteiger partial charge in [-0.1, -0.05) is 0 Å². The van der Waals surface area contributed by atoms with E-state index in [0.29, 0.717) is 5.75 Å². The number of aryl methyl sites for hydroxylation is 2. The van der Waals surface area contributed by atoms with E-state index in [1.807, 2.05) is 26.0 Å². The van der Waals surface area contributed by atoms with Gasteiger partial charge >= 0.3 is 0 Å². The van der Waals surface area contributed by atoms with Crippen molar-refractivity contribution in [1.82, 2.24) is 0 Å². The van der Waals surface area contributed by atoms with Gasteiger partial charge in [-0.2, -0.15) is 10.2 Å². The van der Waals surface area contributed by atoms with Crippen LogP contribution in [0.4, 0.5) is 0 Å². The van der Waals surface area contributed by atoms with Gasteiger partial charge in [0.15, 0.2) is 0 Å². The molecule has 0 unspecified atom stereocenters. The second kappa shape index (κ2) is 6.02. The predicted molar refractivity (Wildman–Crippen MR) is 80.9 cm³/mol. The van der Waals surface area contributed by atoms with Crippen molar-refractivity contribution < 1.29 is 10.2 Å². The van der Waals surface area contributed by atoms with Crippen LogP contribution in [0.2, 0.25) is 0 Å². The molecule has 0 saturated heterocycles. The van der Waals surface area contributed by atoms with Crippen molar-refractivity contribution in [2.24, 2.45) is 10.2 Å². The molecule has 0 atom stereocenters. The highest BCUT2D eigenvalue weighted by atomic mass is 16.3. The monoisotopic (exact) mass is 268 g/mol. The summed E-state index contributed by atoms with van der Waals surface area (Å²) >= 11 is 0. The van der Waals surface area contributed by atoms with E-state index >= 15 is 0 Å². The van der Waals surface area contributed by atoms with Crippen LogP contribution in [0.15, 0.2) is 46.6 Å². The number of rotatable bonds is 3. The zero-order chi connectivity index (χ0) is 14.5. The quantitative estimate of drug-likeness (QED) is 0.663. The van der Waals surface area contributed by atoms with Crippen LogP contribution in [0.25, 0.3) is 0 Å². The van der Waals surface area contributed by atoms with E-state index in [-0.39, 0.29) is 5.75 Å². The second-order valence-corrected chi connectivity index (χ2v) is 4.58. The number of phenolic OH excluding ortho intramolecular Hbond substituents is 2. The summed E-state index contributed by atoms with van der Waals surface area (Å²) in [6, 6.07) is 10.4. The lowest BCUT2D eigenvalue weighted by molar-refractivity contribution is 0.467. The minimum atomic E-state index is 0.223. The van der Waals surface area contributed by atoms with Crippen LogP contribution >= 0.6 is 0 Å². The summed E-state index contributed by atoms with van der Waals surface area (Å²) in [5.74, 6) is 0.537. The minimum Gasteiger partial charge on any atom is -0.508 e. The molecule has 0 heterocycles. The summed E-state index contributed by atoms with van der Waals surface area (Å²) in [5.41, 5.74) is 3.38. The molecule has 0 aromatic heterocycles. The number of aromatic hydroxyl groups is 2. The van der Waals surface area contributed by atoms with Crippen LogP contribution < -0.4 is 0 Å². The zero-order valence-corrected chi connectivity index (χ0v) is 11.4. The zero-order valence-electron chi connectivity index (χ0n) is 11.4. The smallest absolute Gasteiger partial charge is 0.121 e. The molecule has 2 aromatic carbocycles. The van der Waals surface area contributed by atoms with Gasteiger partial charge in [0, 0.05) is 0 Å². The highest BCUT2D eigenvalue weighted by molar-refractivity contribution is 5.83. The maximum absolute atomic E-state index is 9.68. The van der Waals surface area contributed by atoms with E-state index in [2.05, 4.69) is 10.2 Å². The number of hydrogen-bond donors (Lipinski definition) is 2. The third-order valence-corrected chi connectivity index (χ3v) is 2.89. The average molecular weight is 268 g/mol. The van der Waals surface area contributed by atoms with Gasteiger partial charge < -0.3 is 10.2 Å². The van der Waals surface area contributed by atoms with Gasteiger partial charge in [0.1, 0.15) is 11.5 Å². The molecule has 0 aliphatic rings. The van der Waals surface area contributed by atoms with Crippen molar-refractivity contribution in [2.45, 2.75) is 13.8 Å². The Morgan fingerprint density at radius 3 is 1.85 bits per heavy atom. The van der Waals surface area contributed by atoms with Crippen molar-refractivity contribution >= 4 is 12.4 Å². The molecular weight excluding hydrogens is 252 g/mol. The Bertz CT molecular complexity index is 636. The molecule has 0 bridgehead atoms. The molecule has 4 nitrogen and oxygen atoms in total. The highest BCUT2D eigenvalue weighted by Gasteiger charge is 2.01. The summed E-state index contributed by atoms with van der Waals surface area (Å²) in [6.07, 6.45) is 3.24. The highest BCUT2D eigenvalue weighted by Crippen LogP contribution is 2.22. The molecule has 0 aliphatic heterocycles. The molecule has 0 aliphatic carbocycles. The maximum Gasteiger partial charge on any atom is 0.121 e. The summed E-state index contributed by atoms with van der Waals surface area (Å²) < 4.78 is 0. The van der Waals surface area contributed by atoms with E-state index in [4.69, 9.17) is 5.11 Å². The summed E-state index contributed by atoms with van der Waals surface area (Å²) in [5, 5.41) is 26.8. The van der Waals surface area contributed by atoms with E-state index in [1.165, 1.54) is 0 Å². The van der Waals surface area contributed by atoms with Crippen LogP contribution in [0.5, 0.6) is 11.5 Å². The van der Waals surface area contributed by atoms with Crippen molar-refractivity contribution in [3.63, 3.8) is 0 Å². The lowest BCUT2D eigenvalue weighted by Crippen LogP contribution is -1.87. The molecule has 2 aromatic rings. The molecule has 0 amide bonds. The summed E-state index contributed by atoms with van der Waals surface area (Å²) in [7, 11) is 0. The van der Waals surface area contributed by atoms with Gasteiger partial charge in [-0.3, -0.25) is 0 Å². The second-order valence-electron chi connectivity index (χ2n) is 4.58. The van der Waals surface area contributed by atoms with Crippen molar-refractivity contribution in [3.05, 3.63) is 58.7 Å². The average Bonchev–Trinajstić information content (AvgIpc) is 2.43. The van der Waals surface area contributed by atoms with Gasteiger partial charge in [0.25, 0.3) is 0 Å². The first kappa shape index (κ1) is 13.8. The number of nitrogens with zero attached hydrogens (tertiary/aromatic N) is 2. The number of phenols is 2. The normalized spacial score (nSPS) is 11.5.